The Bertz CT molecular complexity index is 1160. The number of halogens is 1. The van der Waals surface area contributed by atoms with Crippen LogP contribution in [-0.4, -0.2) is 34.7 Å². The molecule has 1 aliphatic carbocycles. The first-order valence-electron chi connectivity index (χ1n) is 11.1. The molecule has 168 valence electrons. The maximum Gasteiger partial charge on any atom is 0.255 e. The van der Waals surface area contributed by atoms with Gasteiger partial charge in [0.15, 0.2) is 11.5 Å². The third-order valence-corrected chi connectivity index (χ3v) is 6.60. The van der Waals surface area contributed by atoms with Crippen LogP contribution in [0.5, 0.6) is 11.5 Å². The fourth-order valence-electron chi connectivity index (χ4n) is 4.58. The normalized spacial score (nSPS) is 16.2. The standard InChI is InChI=1S/C24H27ClN4O3/c1-14-7-6-10-17(25)19(14)28-24-27-18-13-16(23(30)26-15-8-4-3-5-9-15)21-22(20(18)29(24)2)32-12-11-31-21/h6-7,10,13,15H,3-5,8-9,11-12H2,1-2H3,(H,26,30)(H,27,28). The van der Waals surface area contributed by atoms with Gasteiger partial charge in [0.1, 0.15) is 18.7 Å². The minimum Gasteiger partial charge on any atom is -0.485 e. The number of aryl methyl sites for hydroxylation is 2. The first-order chi connectivity index (χ1) is 15.5. The van der Waals surface area contributed by atoms with Gasteiger partial charge in [0.25, 0.3) is 5.91 Å². The Kier molecular flexibility index (Phi) is 5.59. The number of hydrogen-bond donors (Lipinski definition) is 2. The molecular weight excluding hydrogens is 428 g/mol. The largest absolute Gasteiger partial charge is 0.485 e. The number of rotatable bonds is 4. The van der Waals surface area contributed by atoms with Gasteiger partial charge in [-0.05, 0) is 37.5 Å². The summed E-state index contributed by atoms with van der Waals surface area (Å²) in [5.74, 6) is 1.52. The molecule has 2 aromatic carbocycles. The topological polar surface area (TPSA) is 77.4 Å². The molecule has 8 heteroatoms. The van der Waals surface area contributed by atoms with E-state index < -0.39 is 0 Å². The summed E-state index contributed by atoms with van der Waals surface area (Å²) in [5.41, 5.74) is 3.72. The molecule has 2 heterocycles. The average molecular weight is 455 g/mol. The number of aromatic nitrogens is 2. The van der Waals surface area contributed by atoms with Gasteiger partial charge >= 0.3 is 0 Å². The van der Waals surface area contributed by atoms with E-state index in [0.29, 0.717) is 46.8 Å². The lowest BCUT2D eigenvalue weighted by Crippen LogP contribution is -2.36. The summed E-state index contributed by atoms with van der Waals surface area (Å²) in [6.07, 6.45) is 5.57. The predicted molar refractivity (Wildman–Crippen MR) is 126 cm³/mol. The Labute approximate surface area is 192 Å². The summed E-state index contributed by atoms with van der Waals surface area (Å²) < 4.78 is 13.8. The number of carbonyl (C=O) groups is 1. The number of anilines is 2. The number of amides is 1. The molecule has 1 fully saturated rings. The van der Waals surface area contributed by atoms with Crippen LogP contribution < -0.4 is 20.1 Å². The van der Waals surface area contributed by atoms with Gasteiger partial charge in [0.2, 0.25) is 5.95 Å². The number of hydrogen-bond acceptors (Lipinski definition) is 5. The van der Waals surface area contributed by atoms with Crippen molar-refractivity contribution in [3.63, 3.8) is 0 Å². The maximum absolute atomic E-state index is 13.2. The highest BCUT2D eigenvalue weighted by Crippen LogP contribution is 2.42. The van der Waals surface area contributed by atoms with Crippen LogP contribution in [0.1, 0.15) is 48.0 Å². The quantitative estimate of drug-likeness (QED) is 0.572. The Morgan fingerprint density at radius 1 is 1.16 bits per heavy atom. The van der Waals surface area contributed by atoms with E-state index in [1.165, 1.54) is 6.42 Å². The first kappa shape index (κ1) is 20.9. The molecule has 0 spiro atoms. The highest BCUT2D eigenvalue weighted by Gasteiger charge is 2.28. The zero-order valence-corrected chi connectivity index (χ0v) is 19.1. The van der Waals surface area contributed by atoms with E-state index in [1.807, 2.05) is 36.7 Å². The summed E-state index contributed by atoms with van der Waals surface area (Å²) in [6.45, 7) is 2.82. The van der Waals surface area contributed by atoms with E-state index in [2.05, 4.69) is 10.6 Å². The molecule has 1 amide bonds. The van der Waals surface area contributed by atoms with Crippen molar-refractivity contribution in [2.24, 2.45) is 7.05 Å². The molecule has 1 aliphatic heterocycles. The van der Waals surface area contributed by atoms with Crippen LogP contribution >= 0.6 is 11.6 Å². The molecule has 0 bridgehead atoms. The van der Waals surface area contributed by atoms with Crippen molar-refractivity contribution in [1.82, 2.24) is 14.9 Å². The Hall–Kier alpha value is -2.93. The summed E-state index contributed by atoms with van der Waals surface area (Å²) in [7, 11) is 1.91. The van der Waals surface area contributed by atoms with Crippen molar-refractivity contribution in [3.8, 4) is 11.5 Å². The van der Waals surface area contributed by atoms with Gasteiger partial charge in [-0.2, -0.15) is 0 Å². The highest BCUT2D eigenvalue weighted by atomic mass is 35.5. The van der Waals surface area contributed by atoms with Crippen LogP contribution in [-0.2, 0) is 7.05 Å². The van der Waals surface area contributed by atoms with Crippen molar-refractivity contribution in [2.45, 2.75) is 45.1 Å². The molecule has 1 saturated carbocycles. The monoisotopic (exact) mass is 454 g/mol. The molecule has 0 atom stereocenters. The molecule has 1 aromatic heterocycles. The van der Waals surface area contributed by atoms with Gasteiger partial charge in [0.05, 0.1) is 21.8 Å². The number of imidazole rings is 1. The predicted octanol–water partition coefficient (Wildman–Crippen LogP) is 5.11. The molecular formula is C24H27ClN4O3. The minimum atomic E-state index is -0.136. The number of carbonyl (C=O) groups excluding carboxylic acids is 1. The highest BCUT2D eigenvalue weighted by molar-refractivity contribution is 6.33. The Morgan fingerprint density at radius 2 is 1.91 bits per heavy atom. The van der Waals surface area contributed by atoms with Gasteiger partial charge in [-0.3, -0.25) is 4.79 Å². The SMILES string of the molecule is Cc1cccc(Cl)c1Nc1nc2cc(C(=O)NC3CCCCC3)c3c(c2n1C)OCCO3. The molecule has 5 rings (SSSR count). The van der Waals surface area contributed by atoms with E-state index in [9.17, 15) is 4.79 Å². The fraction of sp³-hybridized carbons (Fsp3) is 0.417. The molecule has 0 saturated heterocycles. The Morgan fingerprint density at radius 3 is 2.66 bits per heavy atom. The van der Waals surface area contributed by atoms with Crippen molar-refractivity contribution in [2.75, 3.05) is 18.5 Å². The van der Waals surface area contributed by atoms with E-state index in [4.69, 9.17) is 26.1 Å². The van der Waals surface area contributed by atoms with Crippen LogP contribution in [0.4, 0.5) is 11.6 Å². The number of ether oxygens (including phenoxy) is 2. The third kappa shape index (κ3) is 3.75. The van der Waals surface area contributed by atoms with Crippen LogP contribution in [0, 0.1) is 6.92 Å². The Balaban J connectivity index is 1.56. The number of nitrogens with one attached hydrogen (secondary N) is 2. The molecule has 7 nitrogen and oxygen atoms in total. The lowest BCUT2D eigenvalue weighted by Gasteiger charge is -2.25. The van der Waals surface area contributed by atoms with Crippen molar-refractivity contribution >= 4 is 40.2 Å². The number of fused-ring (bicyclic) bond motifs is 3. The van der Waals surface area contributed by atoms with Crippen LogP contribution in [0.3, 0.4) is 0 Å². The van der Waals surface area contributed by atoms with E-state index in [-0.39, 0.29) is 11.9 Å². The maximum atomic E-state index is 13.2. The summed E-state index contributed by atoms with van der Waals surface area (Å²) in [4.78, 5) is 18.0. The van der Waals surface area contributed by atoms with Gasteiger partial charge in [-0.1, -0.05) is 43.0 Å². The molecule has 3 aromatic rings. The number of para-hydroxylation sites is 1. The zero-order chi connectivity index (χ0) is 22.2. The van der Waals surface area contributed by atoms with Gasteiger partial charge < -0.3 is 24.7 Å². The second-order valence-corrected chi connectivity index (χ2v) is 8.91. The minimum absolute atomic E-state index is 0.136. The first-order valence-corrected chi connectivity index (χ1v) is 11.5. The lowest BCUT2D eigenvalue weighted by molar-refractivity contribution is 0.0917. The van der Waals surface area contributed by atoms with Crippen molar-refractivity contribution < 1.29 is 14.3 Å². The number of nitrogens with zero attached hydrogens (tertiary/aromatic N) is 2. The van der Waals surface area contributed by atoms with Crippen molar-refractivity contribution in [1.29, 1.82) is 0 Å². The molecule has 32 heavy (non-hydrogen) atoms. The number of benzene rings is 2. The van der Waals surface area contributed by atoms with Gasteiger partial charge in [0, 0.05) is 13.1 Å². The third-order valence-electron chi connectivity index (χ3n) is 6.29. The van der Waals surface area contributed by atoms with Crippen LogP contribution in [0.15, 0.2) is 24.3 Å². The zero-order valence-electron chi connectivity index (χ0n) is 18.3. The molecule has 0 unspecified atom stereocenters. The van der Waals surface area contributed by atoms with Gasteiger partial charge in [-0.25, -0.2) is 4.98 Å². The summed E-state index contributed by atoms with van der Waals surface area (Å²) in [5, 5.41) is 7.14. The molecule has 0 radical (unpaired) electrons. The molecule has 2 N–H and O–H groups in total. The molecule has 2 aliphatic rings. The lowest BCUT2D eigenvalue weighted by atomic mass is 9.95. The van der Waals surface area contributed by atoms with E-state index in [0.717, 1.165) is 42.5 Å². The summed E-state index contributed by atoms with van der Waals surface area (Å²) >= 11 is 6.41. The second kappa shape index (κ2) is 8.54. The average Bonchev–Trinajstić information content (AvgIpc) is 3.12. The van der Waals surface area contributed by atoms with Crippen LogP contribution in [0.2, 0.25) is 5.02 Å². The summed E-state index contributed by atoms with van der Waals surface area (Å²) in [6, 6.07) is 7.74. The smallest absolute Gasteiger partial charge is 0.255 e. The second-order valence-electron chi connectivity index (χ2n) is 8.51. The van der Waals surface area contributed by atoms with Gasteiger partial charge in [-0.15, -0.1) is 0 Å². The van der Waals surface area contributed by atoms with Crippen LogP contribution in [0.25, 0.3) is 11.0 Å². The fourth-order valence-corrected chi connectivity index (χ4v) is 4.85. The van der Waals surface area contributed by atoms with E-state index >= 15 is 0 Å². The van der Waals surface area contributed by atoms with Crippen molar-refractivity contribution in [3.05, 3.63) is 40.4 Å². The van der Waals surface area contributed by atoms with E-state index in [1.54, 1.807) is 6.07 Å².